The lowest BCUT2D eigenvalue weighted by Gasteiger charge is -2.10. The molecule has 0 saturated heterocycles. The molecule has 0 radical (unpaired) electrons. The van der Waals surface area contributed by atoms with Crippen molar-refractivity contribution in [1.29, 1.82) is 0 Å². The summed E-state index contributed by atoms with van der Waals surface area (Å²) in [5.41, 5.74) is 2.63. The van der Waals surface area contributed by atoms with Crippen LogP contribution in [0.3, 0.4) is 0 Å². The van der Waals surface area contributed by atoms with Crippen molar-refractivity contribution in [1.82, 2.24) is 0 Å². The highest BCUT2D eigenvalue weighted by molar-refractivity contribution is 7.17. The molecule has 3 rings (SSSR count). The van der Waals surface area contributed by atoms with E-state index < -0.39 is 11.9 Å². The van der Waals surface area contributed by atoms with Crippen LogP contribution in [0.1, 0.15) is 27.7 Å². The first-order valence-corrected chi connectivity index (χ1v) is 10.2. The number of thiophene rings is 1. The van der Waals surface area contributed by atoms with Crippen LogP contribution in [-0.2, 0) is 16.0 Å². The summed E-state index contributed by atoms with van der Waals surface area (Å²) < 4.78 is 23.8. The Hall–Kier alpha value is -3.19. The number of hydrogen-bond donors (Lipinski definition) is 1. The Balaban J connectivity index is 1.82. The van der Waals surface area contributed by atoms with Crippen LogP contribution in [0.15, 0.2) is 48.5 Å². The number of nitrogens with one attached hydrogen (secondary N) is 1. The third-order valence-electron chi connectivity index (χ3n) is 4.54. The van der Waals surface area contributed by atoms with E-state index in [2.05, 4.69) is 5.32 Å². The van der Waals surface area contributed by atoms with Crippen molar-refractivity contribution in [3.63, 3.8) is 0 Å². The van der Waals surface area contributed by atoms with Gasteiger partial charge in [-0.2, -0.15) is 0 Å². The smallest absolute Gasteiger partial charge is 0.341 e. The largest absolute Gasteiger partial charge is 0.484 e. The number of halogens is 1. The van der Waals surface area contributed by atoms with Crippen LogP contribution in [0.4, 0.5) is 9.39 Å². The highest BCUT2D eigenvalue weighted by atomic mass is 32.1. The van der Waals surface area contributed by atoms with Crippen molar-refractivity contribution in [2.45, 2.75) is 20.3 Å². The first kappa shape index (κ1) is 21.5. The molecule has 0 bridgehead atoms. The van der Waals surface area contributed by atoms with Crippen molar-refractivity contribution in [2.75, 3.05) is 19.0 Å². The third kappa shape index (κ3) is 4.86. The quantitative estimate of drug-likeness (QED) is 0.525. The van der Waals surface area contributed by atoms with Gasteiger partial charge in [-0.1, -0.05) is 31.2 Å². The number of esters is 1. The van der Waals surface area contributed by atoms with Crippen LogP contribution < -0.4 is 10.1 Å². The number of anilines is 1. The van der Waals surface area contributed by atoms with E-state index in [4.69, 9.17) is 9.47 Å². The highest BCUT2D eigenvalue weighted by Gasteiger charge is 2.25. The monoisotopic (exact) mass is 427 g/mol. The number of rotatable bonds is 7. The number of carbonyl (C=O) groups excluding carboxylic acids is 2. The third-order valence-corrected chi connectivity index (χ3v) is 5.56. The Bertz CT molecular complexity index is 1060. The zero-order chi connectivity index (χ0) is 21.7. The molecular formula is C23H22FNO4S. The van der Waals surface area contributed by atoms with E-state index in [1.54, 1.807) is 18.2 Å². The maximum Gasteiger partial charge on any atom is 0.341 e. The number of amides is 1. The van der Waals surface area contributed by atoms with Gasteiger partial charge in [0, 0.05) is 10.4 Å². The summed E-state index contributed by atoms with van der Waals surface area (Å²) in [6, 6.07) is 13.4. The second kappa shape index (κ2) is 9.54. The second-order valence-corrected chi connectivity index (χ2v) is 7.80. The topological polar surface area (TPSA) is 64.6 Å². The van der Waals surface area contributed by atoms with E-state index in [1.807, 2.05) is 32.0 Å². The fourth-order valence-corrected chi connectivity index (χ4v) is 4.14. The van der Waals surface area contributed by atoms with E-state index >= 15 is 0 Å². The molecule has 5 nitrogen and oxygen atoms in total. The van der Waals surface area contributed by atoms with Gasteiger partial charge in [0.2, 0.25) is 0 Å². The van der Waals surface area contributed by atoms with Crippen molar-refractivity contribution < 1.29 is 23.5 Å². The first-order chi connectivity index (χ1) is 14.4. The minimum atomic E-state index is -0.578. The molecule has 0 unspecified atom stereocenters. The maximum absolute atomic E-state index is 13.3. The number of ether oxygens (including phenoxy) is 2. The van der Waals surface area contributed by atoms with Gasteiger partial charge in [0.15, 0.2) is 6.61 Å². The minimum absolute atomic E-state index is 0.198. The van der Waals surface area contributed by atoms with E-state index in [1.165, 1.54) is 30.6 Å². The molecule has 2 aromatic carbocycles. The molecule has 1 N–H and O–H groups in total. The zero-order valence-corrected chi connectivity index (χ0v) is 17.8. The first-order valence-electron chi connectivity index (χ1n) is 9.42. The minimum Gasteiger partial charge on any atom is -0.484 e. The van der Waals surface area contributed by atoms with Gasteiger partial charge in [-0.15, -0.1) is 11.3 Å². The van der Waals surface area contributed by atoms with Gasteiger partial charge in [-0.3, -0.25) is 4.79 Å². The summed E-state index contributed by atoms with van der Waals surface area (Å²) in [6.07, 6.45) is 0.868. The molecule has 7 heteroatoms. The van der Waals surface area contributed by atoms with Crippen LogP contribution in [0.5, 0.6) is 5.75 Å². The highest BCUT2D eigenvalue weighted by Crippen LogP contribution is 2.40. The average Bonchev–Trinajstić information content (AvgIpc) is 3.07. The SMILES string of the molecule is CCc1cccc(OCC(=O)Nc2sc(C)c(-c3ccc(F)cc3)c2C(=O)OC)c1. The Kier molecular flexibility index (Phi) is 6.84. The Labute approximate surface area is 178 Å². The summed E-state index contributed by atoms with van der Waals surface area (Å²) >= 11 is 1.26. The Morgan fingerprint density at radius 1 is 1.13 bits per heavy atom. The molecule has 3 aromatic rings. The number of benzene rings is 2. The summed E-state index contributed by atoms with van der Waals surface area (Å²) in [6.45, 7) is 3.67. The molecule has 1 heterocycles. The molecule has 0 atom stereocenters. The lowest BCUT2D eigenvalue weighted by Crippen LogP contribution is -2.21. The van der Waals surface area contributed by atoms with Crippen LogP contribution in [0.2, 0.25) is 0 Å². The predicted molar refractivity (Wildman–Crippen MR) is 116 cm³/mol. The fraction of sp³-hybridized carbons (Fsp3) is 0.217. The molecule has 1 aromatic heterocycles. The van der Waals surface area contributed by atoms with Crippen molar-refractivity contribution in [3.05, 3.63) is 70.4 Å². The molecular weight excluding hydrogens is 405 g/mol. The van der Waals surface area contributed by atoms with E-state index in [9.17, 15) is 14.0 Å². The number of methoxy groups -OCH3 is 1. The number of aryl methyl sites for hydroxylation is 2. The van der Waals surface area contributed by atoms with Crippen LogP contribution in [0, 0.1) is 12.7 Å². The maximum atomic E-state index is 13.3. The lowest BCUT2D eigenvalue weighted by atomic mass is 10.0. The van der Waals surface area contributed by atoms with Gasteiger partial charge >= 0.3 is 5.97 Å². The second-order valence-electron chi connectivity index (χ2n) is 6.57. The summed E-state index contributed by atoms with van der Waals surface area (Å²) in [5, 5.41) is 3.12. The zero-order valence-electron chi connectivity index (χ0n) is 17.0. The van der Waals surface area contributed by atoms with Gasteiger partial charge in [-0.25, -0.2) is 9.18 Å². The van der Waals surface area contributed by atoms with Crippen molar-refractivity contribution >= 4 is 28.2 Å². The van der Waals surface area contributed by atoms with Gasteiger partial charge in [0.1, 0.15) is 22.1 Å². The molecule has 0 aliphatic carbocycles. The normalized spacial score (nSPS) is 10.5. The van der Waals surface area contributed by atoms with Crippen molar-refractivity contribution in [3.8, 4) is 16.9 Å². The van der Waals surface area contributed by atoms with E-state index in [0.29, 0.717) is 21.9 Å². The van der Waals surface area contributed by atoms with Gasteiger partial charge in [0.05, 0.1) is 7.11 Å². The molecule has 1 amide bonds. The number of carbonyl (C=O) groups is 2. The standard InChI is InChI=1S/C23H22FNO4S/c1-4-15-6-5-7-18(12-15)29-13-19(26)25-22-21(23(27)28-3)20(14(2)30-22)16-8-10-17(24)11-9-16/h5-12H,4,13H2,1-3H3,(H,25,26). The van der Waals surface area contributed by atoms with Gasteiger partial charge < -0.3 is 14.8 Å². The molecule has 30 heavy (non-hydrogen) atoms. The number of hydrogen-bond acceptors (Lipinski definition) is 5. The molecule has 0 spiro atoms. The van der Waals surface area contributed by atoms with Gasteiger partial charge in [0.25, 0.3) is 5.91 Å². The fourth-order valence-electron chi connectivity index (χ4n) is 3.06. The van der Waals surface area contributed by atoms with Crippen LogP contribution in [-0.4, -0.2) is 25.6 Å². The van der Waals surface area contributed by atoms with Gasteiger partial charge in [-0.05, 0) is 48.7 Å². The molecule has 0 fully saturated rings. The van der Waals surface area contributed by atoms with Crippen LogP contribution >= 0.6 is 11.3 Å². The molecule has 0 aliphatic rings. The summed E-state index contributed by atoms with van der Waals surface area (Å²) in [4.78, 5) is 25.7. The predicted octanol–water partition coefficient (Wildman–Crippen LogP) is 5.23. The lowest BCUT2D eigenvalue weighted by molar-refractivity contribution is -0.118. The average molecular weight is 427 g/mol. The van der Waals surface area contributed by atoms with Crippen LogP contribution in [0.25, 0.3) is 11.1 Å². The molecule has 0 saturated carbocycles. The Morgan fingerprint density at radius 2 is 1.87 bits per heavy atom. The van der Waals surface area contributed by atoms with Crippen molar-refractivity contribution in [2.24, 2.45) is 0 Å². The van der Waals surface area contributed by atoms with E-state index in [0.717, 1.165) is 16.9 Å². The van der Waals surface area contributed by atoms with E-state index in [-0.39, 0.29) is 18.0 Å². The Morgan fingerprint density at radius 3 is 2.53 bits per heavy atom. The molecule has 156 valence electrons. The summed E-state index contributed by atoms with van der Waals surface area (Å²) in [7, 11) is 1.28. The summed E-state index contributed by atoms with van der Waals surface area (Å²) in [5.74, 6) is -0.740. The molecule has 0 aliphatic heterocycles.